The van der Waals surface area contributed by atoms with Crippen molar-refractivity contribution in [3.8, 4) is 0 Å². The van der Waals surface area contributed by atoms with Gasteiger partial charge in [-0.1, -0.05) is 18.2 Å². The highest BCUT2D eigenvalue weighted by Crippen LogP contribution is 2.20. The normalized spacial score (nSPS) is 11.4. The molecule has 3 N–H and O–H groups in total. The van der Waals surface area contributed by atoms with Gasteiger partial charge < -0.3 is 5.32 Å². The molecular formula is C13H16N4O3S. The Labute approximate surface area is 122 Å². The number of carbonyl (C=O) groups excluding carboxylic acids is 1. The Morgan fingerprint density at radius 3 is 2.38 bits per heavy atom. The molecule has 0 atom stereocenters. The maximum atomic E-state index is 12.3. The van der Waals surface area contributed by atoms with E-state index in [1.54, 1.807) is 33.0 Å². The number of rotatable bonds is 3. The minimum Gasteiger partial charge on any atom is -0.304 e. The maximum Gasteiger partial charge on any atom is 0.257 e. The standard InChI is InChI=1S/C13H16N4O3S/c1-8-5-4-6-9(2)11(8)13(18)15-12-10(21(14,19)20)7-17(3)16-12/h4-7H,1-3H3,(H2,14,19,20)(H,15,16,18). The second kappa shape index (κ2) is 5.30. The molecule has 112 valence electrons. The molecule has 2 rings (SSSR count). The molecule has 1 aromatic heterocycles. The summed E-state index contributed by atoms with van der Waals surface area (Å²) in [6.45, 7) is 3.61. The number of primary sulfonamides is 1. The number of benzene rings is 1. The zero-order chi connectivity index (χ0) is 15.8. The third-order valence-corrected chi connectivity index (χ3v) is 3.95. The van der Waals surface area contributed by atoms with Crippen molar-refractivity contribution in [1.29, 1.82) is 0 Å². The molecule has 0 saturated heterocycles. The largest absolute Gasteiger partial charge is 0.304 e. The average Bonchev–Trinajstić information content (AvgIpc) is 2.69. The second-order valence-electron chi connectivity index (χ2n) is 4.78. The summed E-state index contributed by atoms with van der Waals surface area (Å²) < 4.78 is 24.3. The van der Waals surface area contributed by atoms with Gasteiger partial charge in [0, 0.05) is 18.8 Å². The fourth-order valence-electron chi connectivity index (χ4n) is 2.10. The predicted molar refractivity (Wildman–Crippen MR) is 78.5 cm³/mol. The predicted octanol–water partition coefficient (Wildman–Crippen LogP) is 0.937. The van der Waals surface area contributed by atoms with E-state index in [0.717, 1.165) is 11.1 Å². The summed E-state index contributed by atoms with van der Waals surface area (Å²) in [6, 6.07) is 5.46. The van der Waals surface area contributed by atoms with Crippen LogP contribution in [0.25, 0.3) is 0 Å². The van der Waals surface area contributed by atoms with E-state index in [1.807, 2.05) is 6.07 Å². The summed E-state index contributed by atoms with van der Waals surface area (Å²) in [5.41, 5.74) is 2.07. The summed E-state index contributed by atoms with van der Waals surface area (Å²) in [5, 5.41) is 11.5. The molecule has 0 saturated carbocycles. The van der Waals surface area contributed by atoms with E-state index >= 15 is 0 Å². The van der Waals surface area contributed by atoms with Crippen molar-refractivity contribution < 1.29 is 13.2 Å². The van der Waals surface area contributed by atoms with E-state index in [2.05, 4.69) is 10.4 Å². The van der Waals surface area contributed by atoms with Crippen molar-refractivity contribution in [2.24, 2.45) is 12.2 Å². The van der Waals surface area contributed by atoms with Crippen molar-refractivity contribution in [2.45, 2.75) is 18.7 Å². The van der Waals surface area contributed by atoms with Crippen LogP contribution in [0, 0.1) is 13.8 Å². The van der Waals surface area contributed by atoms with E-state index in [4.69, 9.17) is 5.14 Å². The smallest absolute Gasteiger partial charge is 0.257 e. The molecule has 21 heavy (non-hydrogen) atoms. The molecule has 1 aromatic carbocycles. The number of anilines is 1. The second-order valence-corrected chi connectivity index (χ2v) is 6.31. The topological polar surface area (TPSA) is 107 Å². The summed E-state index contributed by atoms with van der Waals surface area (Å²) in [5.74, 6) is -0.498. The Bertz CT molecular complexity index is 789. The molecule has 1 heterocycles. The van der Waals surface area contributed by atoms with Crippen LogP contribution in [0.15, 0.2) is 29.3 Å². The number of amides is 1. The monoisotopic (exact) mass is 308 g/mol. The van der Waals surface area contributed by atoms with Gasteiger partial charge in [-0.25, -0.2) is 13.6 Å². The Hall–Kier alpha value is -2.19. The number of hydrogen-bond donors (Lipinski definition) is 2. The molecule has 1 amide bonds. The number of aryl methyl sites for hydroxylation is 3. The number of nitrogens with one attached hydrogen (secondary N) is 1. The Morgan fingerprint density at radius 2 is 1.86 bits per heavy atom. The summed E-state index contributed by atoms with van der Waals surface area (Å²) in [6.07, 6.45) is 1.25. The Morgan fingerprint density at radius 1 is 1.29 bits per heavy atom. The van der Waals surface area contributed by atoms with Gasteiger partial charge in [-0.3, -0.25) is 9.48 Å². The molecular weight excluding hydrogens is 292 g/mol. The molecule has 7 nitrogen and oxygen atoms in total. The maximum absolute atomic E-state index is 12.3. The van der Waals surface area contributed by atoms with Crippen molar-refractivity contribution in [1.82, 2.24) is 9.78 Å². The fraction of sp³-hybridized carbons (Fsp3) is 0.231. The summed E-state index contributed by atoms with van der Waals surface area (Å²) >= 11 is 0. The number of aromatic nitrogens is 2. The van der Waals surface area contributed by atoms with Crippen LogP contribution in [0.3, 0.4) is 0 Å². The minimum absolute atomic E-state index is 0.0762. The average molecular weight is 308 g/mol. The third kappa shape index (κ3) is 3.11. The van der Waals surface area contributed by atoms with Crippen LogP contribution >= 0.6 is 0 Å². The van der Waals surface area contributed by atoms with Gasteiger partial charge >= 0.3 is 0 Å². The van der Waals surface area contributed by atoms with Crippen LogP contribution in [0.4, 0.5) is 5.82 Å². The van der Waals surface area contributed by atoms with Crippen molar-refractivity contribution in [2.75, 3.05) is 5.32 Å². The lowest BCUT2D eigenvalue weighted by atomic mass is 10.0. The first-order valence-corrected chi connectivity index (χ1v) is 7.69. The van der Waals surface area contributed by atoms with E-state index in [0.29, 0.717) is 5.56 Å². The van der Waals surface area contributed by atoms with Crippen LogP contribution in [-0.2, 0) is 17.1 Å². The van der Waals surface area contributed by atoms with Crippen molar-refractivity contribution >= 4 is 21.7 Å². The first kappa shape index (κ1) is 15.2. The lowest BCUT2D eigenvalue weighted by molar-refractivity contribution is 0.102. The van der Waals surface area contributed by atoms with Gasteiger partial charge in [-0.05, 0) is 25.0 Å². The number of nitrogens with zero attached hydrogens (tertiary/aromatic N) is 2. The molecule has 0 fully saturated rings. The molecule has 0 aliphatic carbocycles. The quantitative estimate of drug-likeness (QED) is 0.879. The number of sulfonamides is 1. The molecule has 0 bridgehead atoms. The SMILES string of the molecule is Cc1cccc(C)c1C(=O)Nc1nn(C)cc1S(N)(=O)=O. The van der Waals surface area contributed by atoms with Gasteiger partial charge in [0.15, 0.2) is 5.82 Å². The number of carbonyl (C=O) groups is 1. The Balaban J connectivity index is 2.42. The van der Waals surface area contributed by atoms with Crippen LogP contribution in [0.5, 0.6) is 0 Å². The van der Waals surface area contributed by atoms with E-state index in [1.165, 1.54) is 10.9 Å². The van der Waals surface area contributed by atoms with Crippen LogP contribution < -0.4 is 10.5 Å². The van der Waals surface area contributed by atoms with Crippen LogP contribution in [-0.4, -0.2) is 24.1 Å². The molecule has 2 aromatic rings. The first-order chi connectivity index (χ1) is 9.70. The zero-order valence-electron chi connectivity index (χ0n) is 11.9. The first-order valence-electron chi connectivity index (χ1n) is 6.14. The lowest BCUT2D eigenvalue weighted by Crippen LogP contribution is -2.19. The van der Waals surface area contributed by atoms with Crippen LogP contribution in [0.2, 0.25) is 0 Å². The van der Waals surface area contributed by atoms with Gasteiger partial charge in [0.2, 0.25) is 10.0 Å². The highest BCUT2D eigenvalue weighted by atomic mass is 32.2. The van der Waals surface area contributed by atoms with Gasteiger partial charge in [0.1, 0.15) is 4.90 Å². The molecule has 0 aliphatic heterocycles. The number of hydrogen-bond acceptors (Lipinski definition) is 4. The molecule has 0 spiro atoms. The van der Waals surface area contributed by atoms with Gasteiger partial charge in [0.25, 0.3) is 5.91 Å². The summed E-state index contributed by atoms with van der Waals surface area (Å²) in [7, 11) is -2.41. The molecule has 0 radical (unpaired) electrons. The van der Waals surface area contributed by atoms with Gasteiger partial charge in [-0.2, -0.15) is 5.10 Å². The highest BCUT2D eigenvalue weighted by Gasteiger charge is 2.21. The third-order valence-electron chi connectivity index (χ3n) is 3.04. The lowest BCUT2D eigenvalue weighted by Gasteiger charge is -2.09. The van der Waals surface area contributed by atoms with Gasteiger partial charge in [0.05, 0.1) is 0 Å². The van der Waals surface area contributed by atoms with Gasteiger partial charge in [-0.15, -0.1) is 0 Å². The van der Waals surface area contributed by atoms with Crippen molar-refractivity contribution in [3.05, 3.63) is 41.1 Å². The number of nitrogens with two attached hydrogens (primary N) is 1. The molecule has 8 heteroatoms. The minimum atomic E-state index is -3.96. The molecule has 0 unspecified atom stereocenters. The van der Waals surface area contributed by atoms with Crippen molar-refractivity contribution in [3.63, 3.8) is 0 Å². The zero-order valence-corrected chi connectivity index (χ0v) is 12.7. The van der Waals surface area contributed by atoms with E-state index in [9.17, 15) is 13.2 Å². The van der Waals surface area contributed by atoms with E-state index in [-0.39, 0.29) is 10.7 Å². The Kier molecular flexibility index (Phi) is 3.84. The highest BCUT2D eigenvalue weighted by molar-refractivity contribution is 7.89. The fourth-order valence-corrected chi connectivity index (χ4v) is 2.77. The summed E-state index contributed by atoms with van der Waals surface area (Å²) in [4.78, 5) is 12.1. The van der Waals surface area contributed by atoms with E-state index < -0.39 is 15.9 Å². The molecule has 0 aliphatic rings. The van der Waals surface area contributed by atoms with Crippen LogP contribution in [0.1, 0.15) is 21.5 Å².